The molecular weight excluding hydrogens is 376 g/mol. The minimum absolute atomic E-state index is 0.0479. The van der Waals surface area contributed by atoms with E-state index in [1.54, 1.807) is 19.1 Å². The number of carbonyl (C=O) groups is 4. The zero-order valence-corrected chi connectivity index (χ0v) is 16.7. The maximum atomic E-state index is 11.9. The zero-order valence-electron chi connectivity index (χ0n) is 16.7. The first kappa shape index (κ1) is 22.4. The number of rotatable bonds is 9. The molecule has 2 rings (SSSR count). The van der Waals surface area contributed by atoms with E-state index in [-0.39, 0.29) is 31.4 Å². The van der Waals surface area contributed by atoms with E-state index in [0.29, 0.717) is 11.3 Å². The Bertz CT molecular complexity index is 710. The molecule has 158 valence electrons. The number of hydrogen-bond donors (Lipinski definition) is 2. The minimum Gasteiger partial charge on any atom is -0.462 e. The summed E-state index contributed by atoms with van der Waals surface area (Å²) in [5, 5.41) is 5.50. The molecule has 1 fully saturated rings. The Hall–Kier alpha value is -2.90. The third kappa shape index (κ3) is 8.33. The number of amides is 2. The van der Waals surface area contributed by atoms with Crippen LogP contribution in [0, 0.1) is 0 Å². The maximum Gasteiger partial charge on any atom is 0.338 e. The van der Waals surface area contributed by atoms with E-state index in [1.807, 2.05) is 0 Å². The molecule has 2 N–H and O–H groups in total. The van der Waals surface area contributed by atoms with Gasteiger partial charge in [-0.1, -0.05) is 19.3 Å². The predicted molar refractivity (Wildman–Crippen MR) is 106 cm³/mol. The molecule has 0 aromatic heterocycles. The van der Waals surface area contributed by atoms with Crippen LogP contribution in [-0.4, -0.2) is 43.0 Å². The Labute approximate surface area is 170 Å². The average Bonchev–Trinajstić information content (AvgIpc) is 2.72. The second-order valence-corrected chi connectivity index (χ2v) is 6.91. The fourth-order valence-corrected chi connectivity index (χ4v) is 3.08. The molecule has 0 spiro atoms. The summed E-state index contributed by atoms with van der Waals surface area (Å²) in [5.41, 5.74) is 0.841. The molecule has 2 amide bonds. The molecule has 1 aromatic carbocycles. The minimum atomic E-state index is -0.600. The fraction of sp³-hybridized carbons (Fsp3) is 0.524. The second-order valence-electron chi connectivity index (χ2n) is 6.91. The predicted octanol–water partition coefficient (Wildman–Crippen LogP) is 2.57. The lowest BCUT2D eigenvalue weighted by Gasteiger charge is -2.22. The summed E-state index contributed by atoms with van der Waals surface area (Å²) in [6, 6.07) is 6.38. The van der Waals surface area contributed by atoms with Crippen LogP contribution in [0.15, 0.2) is 24.3 Å². The van der Waals surface area contributed by atoms with E-state index < -0.39 is 24.5 Å². The molecule has 29 heavy (non-hydrogen) atoms. The lowest BCUT2D eigenvalue weighted by molar-refractivity contribution is -0.148. The van der Waals surface area contributed by atoms with Crippen molar-refractivity contribution in [1.29, 1.82) is 0 Å². The summed E-state index contributed by atoms with van der Waals surface area (Å²) in [5.74, 6) is -1.71. The van der Waals surface area contributed by atoms with E-state index in [9.17, 15) is 19.2 Å². The second kappa shape index (κ2) is 11.8. The standard InChI is InChI=1S/C21H28N2O6/c1-2-28-21(27)15-8-10-17(11-9-15)23-19(25)14-29-20(26)13-12-18(24)22-16-6-4-3-5-7-16/h8-11,16H,2-7,12-14H2,1H3,(H,22,24)(H,23,25). The van der Waals surface area contributed by atoms with Gasteiger partial charge >= 0.3 is 11.9 Å². The highest BCUT2D eigenvalue weighted by Crippen LogP contribution is 2.17. The number of ether oxygens (including phenoxy) is 2. The lowest BCUT2D eigenvalue weighted by atomic mass is 9.95. The van der Waals surface area contributed by atoms with Crippen molar-refractivity contribution in [1.82, 2.24) is 5.32 Å². The highest BCUT2D eigenvalue weighted by Gasteiger charge is 2.17. The summed E-state index contributed by atoms with van der Waals surface area (Å²) in [7, 11) is 0. The lowest BCUT2D eigenvalue weighted by Crippen LogP contribution is -2.36. The molecule has 8 nitrogen and oxygen atoms in total. The molecule has 1 aliphatic carbocycles. The van der Waals surface area contributed by atoms with Crippen LogP contribution in [-0.2, 0) is 23.9 Å². The SMILES string of the molecule is CCOC(=O)c1ccc(NC(=O)COC(=O)CCC(=O)NC2CCCCC2)cc1. The van der Waals surface area contributed by atoms with E-state index >= 15 is 0 Å². The molecule has 0 heterocycles. The Balaban J connectivity index is 1.64. The molecule has 8 heteroatoms. The van der Waals surface area contributed by atoms with Crippen molar-refractivity contribution >= 4 is 29.4 Å². The molecule has 0 unspecified atom stereocenters. The van der Waals surface area contributed by atoms with Gasteiger partial charge in [-0.25, -0.2) is 4.79 Å². The van der Waals surface area contributed by atoms with Gasteiger partial charge in [0.15, 0.2) is 6.61 Å². The van der Waals surface area contributed by atoms with Gasteiger partial charge < -0.3 is 20.1 Å². The van der Waals surface area contributed by atoms with Crippen molar-refractivity contribution in [2.75, 3.05) is 18.5 Å². The van der Waals surface area contributed by atoms with Crippen molar-refractivity contribution in [2.45, 2.75) is 57.9 Å². The summed E-state index contributed by atoms with van der Waals surface area (Å²) in [6.45, 7) is 1.56. The summed E-state index contributed by atoms with van der Waals surface area (Å²) < 4.78 is 9.79. The van der Waals surface area contributed by atoms with Crippen LogP contribution in [0.4, 0.5) is 5.69 Å². The first-order chi connectivity index (χ1) is 14.0. The van der Waals surface area contributed by atoms with Crippen molar-refractivity contribution < 1.29 is 28.7 Å². The highest BCUT2D eigenvalue weighted by atomic mass is 16.5. The van der Waals surface area contributed by atoms with E-state index in [0.717, 1.165) is 25.7 Å². The third-order valence-corrected chi connectivity index (χ3v) is 4.57. The van der Waals surface area contributed by atoms with Gasteiger partial charge in [0, 0.05) is 18.2 Å². The monoisotopic (exact) mass is 404 g/mol. The maximum absolute atomic E-state index is 11.9. The van der Waals surface area contributed by atoms with Crippen LogP contribution < -0.4 is 10.6 Å². The third-order valence-electron chi connectivity index (χ3n) is 4.57. The summed E-state index contributed by atoms with van der Waals surface area (Å²) >= 11 is 0. The number of benzene rings is 1. The Morgan fingerprint density at radius 1 is 0.931 bits per heavy atom. The number of carbonyl (C=O) groups excluding carboxylic acids is 4. The van der Waals surface area contributed by atoms with Gasteiger partial charge in [-0.15, -0.1) is 0 Å². The Morgan fingerprint density at radius 2 is 1.62 bits per heavy atom. The molecule has 1 aromatic rings. The Morgan fingerprint density at radius 3 is 2.28 bits per heavy atom. The molecule has 1 aliphatic rings. The average molecular weight is 404 g/mol. The van der Waals surface area contributed by atoms with Crippen LogP contribution in [0.5, 0.6) is 0 Å². The van der Waals surface area contributed by atoms with E-state index in [2.05, 4.69) is 10.6 Å². The van der Waals surface area contributed by atoms with Gasteiger partial charge in [-0.05, 0) is 44.0 Å². The van der Waals surface area contributed by atoms with Crippen molar-refractivity contribution in [2.24, 2.45) is 0 Å². The topological polar surface area (TPSA) is 111 Å². The van der Waals surface area contributed by atoms with Crippen molar-refractivity contribution in [3.05, 3.63) is 29.8 Å². The first-order valence-electron chi connectivity index (χ1n) is 10.00. The quantitative estimate of drug-likeness (QED) is 0.612. The van der Waals surface area contributed by atoms with E-state index in [1.165, 1.54) is 18.6 Å². The van der Waals surface area contributed by atoms with Gasteiger partial charge in [0.2, 0.25) is 5.91 Å². The zero-order chi connectivity index (χ0) is 21.1. The fourth-order valence-electron chi connectivity index (χ4n) is 3.08. The smallest absolute Gasteiger partial charge is 0.338 e. The number of hydrogen-bond acceptors (Lipinski definition) is 6. The molecule has 1 saturated carbocycles. The van der Waals surface area contributed by atoms with Gasteiger partial charge in [0.05, 0.1) is 18.6 Å². The summed E-state index contributed by atoms with van der Waals surface area (Å²) in [6.07, 6.45) is 5.39. The Kier molecular flexibility index (Phi) is 9.14. The van der Waals surface area contributed by atoms with Crippen LogP contribution in [0.1, 0.15) is 62.2 Å². The molecule has 0 bridgehead atoms. The van der Waals surface area contributed by atoms with Crippen LogP contribution >= 0.6 is 0 Å². The first-order valence-corrected chi connectivity index (χ1v) is 10.00. The molecule has 0 aliphatic heterocycles. The van der Waals surface area contributed by atoms with Crippen LogP contribution in [0.2, 0.25) is 0 Å². The van der Waals surface area contributed by atoms with Crippen molar-refractivity contribution in [3.63, 3.8) is 0 Å². The number of esters is 2. The van der Waals surface area contributed by atoms with Gasteiger partial charge in [0.1, 0.15) is 0 Å². The normalized spacial score (nSPS) is 14.0. The van der Waals surface area contributed by atoms with Crippen LogP contribution in [0.25, 0.3) is 0 Å². The van der Waals surface area contributed by atoms with Crippen LogP contribution in [0.3, 0.4) is 0 Å². The number of nitrogens with one attached hydrogen (secondary N) is 2. The highest BCUT2D eigenvalue weighted by molar-refractivity contribution is 5.94. The molecule has 0 saturated heterocycles. The largest absolute Gasteiger partial charge is 0.462 e. The summed E-state index contributed by atoms with van der Waals surface area (Å²) in [4.78, 5) is 47.1. The molecule has 0 atom stereocenters. The van der Waals surface area contributed by atoms with Gasteiger partial charge in [-0.3, -0.25) is 14.4 Å². The van der Waals surface area contributed by atoms with Gasteiger partial charge in [0.25, 0.3) is 5.91 Å². The van der Waals surface area contributed by atoms with Crippen molar-refractivity contribution in [3.8, 4) is 0 Å². The molecular formula is C21H28N2O6. The van der Waals surface area contributed by atoms with Gasteiger partial charge in [-0.2, -0.15) is 0 Å². The molecule has 0 radical (unpaired) electrons. The number of anilines is 1. The van der Waals surface area contributed by atoms with E-state index in [4.69, 9.17) is 9.47 Å².